The van der Waals surface area contributed by atoms with Crippen LogP contribution in [-0.2, 0) is 18.8 Å². The first-order valence-corrected chi connectivity index (χ1v) is 13.0. The molecule has 0 spiro atoms. The van der Waals surface area contributed by atoms with Crippen LogP contribution in [0.1, 0.15) is 74.8 Å². The minimum atomic E-state index is -0.562. The molecule has 0 radical (unpaired) electrons. The highest BCUT2D eigenvalue weighted by molar-refractivity contribution is 6.65. The fraction of sp³-hybridized carbons (Fsp3) is 0.600. The van der Waals surface area contributed by atoms with Crippen LogP contribution in [0.2, 0.25) is 0 Å². The van der Waals surface area contributed by atoms with Crippen LogP contribution in [0.15, 0.2) is 30.3 Å². The maximum Gasteiger partial charge on any atom is 0.495 e. The Morgan fingerprint density at radius 1 is 0.917 bits per heavy atom. The second-order valence-electron chi connectivity index (χ2n) is 11.7. The second kappa shape index (κ2) is 10.7. The fourth-order valence-corrected chi connectivity index (χ4v) is 5.43. The maximum atomic E-state index is 6.44. The van der Waals surface area contributed by atoms with Gasteiger partial charge in [0, 0.05) is 12.7 Å². The van der Waals surface area contributed by atoms with Crippen LogP contribution in [0.25, 0.3) is 10.8 Å². The SMILES string of the molecule is COCOc1cc(B2OC(C)(C)C(C)(C)O2)c2c(C#COC(C(C)C)(C(C)C)C(C)C)cccc2c1. The summed E-state index contributed by atoms with van der Waals surface area (Å²) >= 11 is 0. The number of methoxy groups -OCH3 is 1. The van der Waals surface area contributed by atoms with Gasteiger partial charge in [0.1, 0.15) is 17.5 Å². The lowest BCUT2D eigenvalue weighted by atomic mass is 9.72. The summed E-state index contributed by atoms with van der Waals surface area (Å²) in [5, 5.41) is 1.96. The van der Waals surface area contributed by atoms with Crippen molar-refractivity contribution >= 4 is 23.4 Å². The number of fused-ring (bicyclic) bond motifs is 1. The van der Waals surface area contributed by atoms with Crippen molar-refractivity contribution in [2.45, 2.75) is 86.0 Å². The Bertz CT molecular complexity index is 1090. The van der Waals surface area contributed by atoms with Gasteiger partial charge in [-0.05, 0) is 85.8 Å². The number of benzene rings is 2. The molecule has 0 N–H and O–H groups in total. The van der Waals surface area contributed by atoms with Gasteiger partial charge in [0.05, 0.1) is 11.2 Å². The summed E-state index contributed by atoms with van der Waals surface area (Å²) < 4.78 is 30.2. The average molecular weight is 494 g/mol. The van der Waals surface area contributed by atoms with Crippen LogP contribution in [0.5, 0.6) is 5.75 Å². The molecule has 1 aliphatic heterocycles. The molecule has 1 aliphatic rings. The molecular formula is C30H43BO5. The highest BCUT2D eigenvalue weighted by Gasteiger charge is 2.52. The Balaban J connectivity index is 2.14. The first-order valence-electron chi connectivity index (χ1n) is 13.0. The van der Waals surface area contributed by atoms with E-state index >= 15 is 0 Å². The van der Waals surface area contributed by atoms with E-state index in [2.05, 4.69) is 87.3 Å². The summed E-state index contributed by atoms with van der Waals surface area (Å²) in [6.45, 7) is 21.6. The van der Waals surface area contributed by atoms with Crippen LogP contribution in [0.3, 0.4) is 0 Å². The molecule has 0 amide bonds. The van der Waals surface area contributed by atoms with E-state index < -0.39 is 18.3 Å². The van der Waals surface area contributed by atoms with Gasteiger partial charge in [-0.15, -0.1) is 0 Å². The molecule has 2 aromatic carbocycles. The van der Waals surface area contributed by atoms with Crippen molar-refractivity contribution in [2.75, 3.05) is 13.9 Å². The van der Waals surface area contributed by atoms with E-state index in [1.54, 1.807) is 7.11 Å². The second-order valence-corrected chi connectivity index (χ2v) is 11.7. The number of ether oxygens (including phenoxy) is 3. The largest absolute Gasteiger partial charge is 0.495 e. The lowest BCUT2D eigenvalue weighted by Gasteiger charge is -2.42. The van der Waals surface area contributed by atoms with Gasteiger partial charge in [0.15, 0.2) is 6.79 Å². The van der Waals surface area contributed by atoms with Crippen molar-refractivity contribution < 1.29 is 23.5 Å². The van der Waals surface area contributed by atoms with Crippen LogP contribution < -0.4 is 10.2 Å². The zero-order valence-corrected chi connectivity index (χ0v) is 23.9. The molecule has 3 rings (SSSR count). The molecule has 0 bridgehead atoms. The van der Waals surface area contributed by atoms with Gasteiger partial charge >= 0.3 is 7.12 Å². The summed E-state index contributed by atoms with van der Waals surface area (Å²) in [5.74, 6) is 4.97. The zero-order valence-electron chi connectivity index (χ0n) is 23.9. The minimum Gasteiger partial charge on any atom is -0.468 e. The normalized spacial score (nSPS) is 17.1. The van der Waals surface area contributed by atoms with E-state index in [4.69, 9.17) is 23.5 Å². The summed E-state index contributed by atoms with van der Waals surface area (Å²) in [7, 11) is 1.05. The summed E-state index contributed by atoms with van der Waals surface area (Å²) in [5.41, 5.74) is 0.462. The highest BCUT2D eigenvalue weighted by Crippen LogP contribution is 2.39. The van der Waals surface area contributed by atoms with E-state index in [-0.39, 0.29) is 12.4 Å². The maximum absolute atomic E-state index is 6.44. The van der Waals surface area contributed by atoms with Crippen molar-refractivity contribution in [2.24, 2.45) is 17.8 Å². The van der Waals surface area contributed by atoms with E-state index in [0.717, 1.165) is 21.8 Å². The molecule has 1 fully saturated rings. The predicted molar refractivity (Wildman–Crippen MR) is 147 cm³/mol. The minimum absolute atomic E-state index is 0.156. The predicted octanol–water partition coefficient (Wildman–Crippen LogP) is 6.15. The molecule has 5 nitrogen and oxygen atoms in total. The van der Waals surface area contributed by atoms with Gasteiger partial charge < -0.3 is 23.5 Å². The third kappa shape index (κ3) is 5.25. The van der Waals surface area contributed by atoms with Crippen molar-refractivity contribution in [3.05, 3.63) is 35.9 Å². The van der Waals surface area contributed by atoms with Gasteiger partial charge in [-0.1, -0.05) is 53.7 Å². The molecule has 0 aliphatic carbocycles. The molecular weight excluding hydrogens is 451 g/mol. The fourth-order valence-electron chi connectivity index (χ4n) is 5.43. The standard InChI is InChI=1S/C30H43BO5/c1-20(2)30(21(3)4,22(5)6)34-16-15-23-13-12-14-24-17-25(33-19-32-11)18-26(27(23)24)31-35-28(7,8)29(9,10)36-31/h12-14,17-18,20-22H,19H2,1-11H3. The lowest BCUT2D eigenvalue weighted by molar-refractivity contribution is -0.0835. The molecule has 6 heteroatoms. The summed E-state index contributed by atoms with van der Waals surface area (Å²) in [6, 6.07) is 10.0. The van der Waals surface area contributed by atoms with E-state index in [1.165, 1.54) is 0 Å². The highest BCUT2D eigenvalue weighted by atomic mass is 16.7. The quantitative estimate of drug-likeness (QED) is 0.250. The average Bonchev–Trinajstić information content (AvgIpc) is 3.00. The zero-order chi connectivity index (χ0) is 26.9. The molecule has 1 saturated heterocycles. The number of rotatable bonds is 8. The van der Waals surface area contributed by atoms with Gasteiger partial charge in [-0.3, -0.25) is 0 Å². The van der Waals surface area contributed by atoms with Gasteiger partial charge in [-0.25, -0.2) is 0 Å². The van der Waals surface area contributed by atoms with Crippen molar-refractivity contribution in [3.63, 3.8) is 0 Å². The van der Waals surface area contributed by atoms with Crippen molar-refractivity contribution in [3.8, 4) is 17.8 Å². The molecule has 0 atom stereocenters. The first-order chi connectivity index (χ1) is 16.8. The third-order valence-corrected chi connectivity index (χ3v) is 7.95. The third-order valence-electron chi connectivity index (χ3n) is 7.95. The summed E-state index contributed by atoms with van der Waals surface area (Å²) in [4.78, 5) is 0. The van der Waals surface area contributed by atoms with E-state index in [0.29, 0.717) is 23.5 Å². The van der Waals surface area contributed by atoms with Crippen molar-refractivity contribution in [1.82, 2.24) is 0 Å². The number of hydrogen-bond acceptors (Lipinski definition) is 5. The van der Waals surface area contributed by atoms with Crippen LogP contribution in [0.4, 0.5) is 0 Å². The topological polar surface area (TPSA) is 46.2 Å². The smallest absolute Gasteiger partial charge is 0.468 e. The molecule has 1 heterocycles. The first kappa shape index (κ1) is 28.4. The Labute approximate surface area is 218 Å². The Hall–Kier alpha value is -2.20. The van der Waals surface area contributed by atoms with Crippen LogP contribution >= 0.6 is 0 Å². The molecule has 36 heavy (non-hydrogen) atoms. The van der Waals surface area contributed by atoms with Gasteiger partial charge in [-0.2, -0.15) is 0 Å². The van der Waals surface area contributed by atoms with Crippen molar-refractivity contribution in [1.29, 1.82) is 0 Å². The van der Waals surface area contributed by atoms with E-state index in [1.807, 2.05) is 24.3 Å². The lowest BCUT2D eigenvalue weighted by Crippen LogP contribution is -2.47. The van der Waals surface area contributed by atoms with Gasteiger partial charge in [0.2, 0.25) is 0 Å². The molecule has 196 valence electrons. The Morgan fingerprint density at radius 2 is 1.50 bits per heavy atom. The summed E-state index contributed by atoms with van der Waals surface area (Å²) in [6.07, 6.45) is 3.10. The Morgan fingerprint density at radius 3 is 2.03 bits per heavy atom. The Kier molecular flexibility index (Phi) is 8.40. The molecule has 0 saturated carbocycles. The van der Waals surface area contributed by atoms with E-state index in [9.17, 15) is 0 Å². The van der Waals surface area contributed by atoms with Gasteiger partial charge in [0.25, 0.3) is 0 Å². The molecule has 0 aromatic heterocycles. The monoisotopic (exact) mass is 494 g/mol. The van der Waals surface area contributed by atoms with Crippen LogP contribution in [0, 0.1) is 29.8 Å². The number of hydrogen-bond donors (Lipinski definition) is 0. The molecule has 2 aromatic rings. The van der Waals surface area contributed by atoms with Crippen LogP contribution in [-0.4, -0.2) is 37.8 Å². The molecule has 0 unspecified atom stereocenters.